The zero-order chi connectivity index (χ0) is 86.9. The number of amides is 7. The molecule has 22 heteroatoms. The summed E-state index contributed by atoms with van der Waals surface area (Å²) in [5, 5.41) is 29.1. The van der Waals surface area contributed by atoms with E-state index in [4.69, 9.17) is 23.4 Å². The predicted octanol–water partition coefficient (Wildman–Crippen LogP) is 18.4. The van der Waals surface area contributed by atoms with E-state index in [0.29, 0.717) is 44.7 Å². The van der Waals surface area contributed by atoms with Crippen LogP contribution < -0.4 is 37.2 Å². The van der Waals surface area contributed by atoms with Crippen LogP contribution in [0, 0.1) is 5.92 Å². The van der Waals surface area contributed by atoms with Crippen LogP contribution in [0.5, 0.6) is 0 Å². The lowest BCUT2D eigenvalue weighted by Gasteiger charge is -2.37. The topological polar surface area (TPSA) is 297 Å². The summed E-state index contributed by atoms with van der Waals surface area (Å²) in [5.41, 5.74) is 10.1. The molecule has 11 aromatic rings. The number of nitrogens with one attached hydrogen (secondary N) is 7. The van der Waals surface area contributed by atoms with E-state index >= 15 is 0 Å². The van der Waals surface area contributed by atoms with Gasteiger partial charge in [-0.15, -0.1) is 10.2 Å². The quantitative estimate of drug-likeness (QED) is 0.0112. The van der Waals surface area contributed by atoms with Gasteiger partial charge in [-0.25, -0.2) is 19.2 Å². The number of unbranched alkanes of at least 4 members (excludes halogenated alkanes) is 2. The fourth-order valence-corrected chi connectivity index (χ4v) is 15.9. The number of carbonyl (C=O) groups is 8. The molecule has 22 nitrogen and oxygen atoms in total. The summed E-state index contributed by atoms with van der Waals surface area (Å²) in [6.07, 6.45) is 0.817. The monoisotopic (exact) mass is 1660 g/mol. The molecule has 0 radical (unpaired) electrons. The molecule has 1 aromatic heterocycles. The standard InChI is InChI=1S/C51H56N4O7.C50H53N5O6/c1-35(20-18-19-31-52-48(59)62-50(2,3)4)45(56)33-53-47(58)44(54-49(60)61-34-43-41-29-16-14-27-39(41)40-28-15-17-30-42(40)43)32-46(57)55-51(36-21-8-5-9-22-36,37-23-10-6-11-24-37)38-25-12-7-13-26-38;1-34(20-18-19-31-51-47(57)61-49(2,3)4)45-54-55-46(60-45)43(52-48(58)59-33-42-40-29-16-14-27-38(40)39-28-15-17-30-41(39)42)32-44(56)53-50(35-21-8-5-9-22-35,36-23-10-6-11-24-36)37-25-12-7-13-26-37/h5-17,21-30,35,43-44H,18-20,31-34H2,1-4H3,(H,52,59)(H,53,58)(H,54,60)(H,55,57);5-17,21-30,34,42-43H,18-20,31-33H2,1-4H3,(H,51,57)(H,52,58)(H,53,56)/t35-,44-;34-,43-/m00/s1. The number of nitrogens with zero attached hydrogens (tertiary/aromatic N) is 2. The van der Waals surface area contributed by atoms with Gasteiger partial charge in [-0.05, 0) is 145 Å². The maximum atomic E-state index is 14.6. The summed E-state index contributed by atoms with van der Waals surface area (Å²) in [7, 11) is 0. The Kier molecular flexibility index (Phi) is 30.1. The van der Waals surface area contributed by atoms with Crippen LogP contribution in [0.1, 0.15) is 198 Å². The minimum absolute atomic E-state index is 0.00280. The van der Waals surface area contributed by atoms with E-state index in [1.54, 1.807) is 27.7 Å². The van der Waals surface area contributed by atoms with Gasteiger partial charge in [-0.2, -0.15) is 0 Å². The molecule has 7 N–H and O–H groups in total. The molecule has 2 aliphatic carbocycles. The van der Waals surface area contributed by atoms with Gasteiger partial charge < -0.3 is 60.6 Å². The van der Waals surface area contributed by atoms with Crippen LogP contribution in [0.4, 0.5) is 19.2 Å². The fourth-order valence-electron chi connectivity index (χ4n) is 15.9. The number of carbonyl (C=O) groups excluding carboxylic acids is 8. The van der Waals surface area contributed by atoms with Crippen molar-refractivity contribution in [2.45, 2.75) is 159 Å². The smallest absolute Gasteiger partial charge is 0.407 e. The van der Waals surface area contributed by atoms with Crippen LogP contribution in [0.2, 0.25) is 0 Å². The molecule has 10 aromatic carbocycles. The molecule has 13 rings (SSSR count). The Balaban J connectivity index is 0.000000225. The summed E-state index contributed by atoms with van der Waals surface area (Å²) in [4.78, 5) is 108. The molecular weight excluding hydrogens is 1550 g/mol. The number of ether oxygens (including phenoxy) is 4. The highest BCUT2D eigenvalue weighted by molar-refractivity contribution is 5.94. The normalized spacial score (nSPS) is 13.2. The van der Waals surface area contributed by atoms with Gasteiger partial charge in [0, 0.05) is 36.8 Å². The Bertz CT molecular complexity index is 5090. The molecule has 1 heterocycles. The molecule has 0 fully saturated rings. The Labute approximate surface area is 719 Å². The third-order valence-corrected chi connectivity index (χ3v) is 21.9. The number of hydrogen-bond acceptors (Lipinski definition) is 15. The van der Waals surface area contributed by atoms with Gasteiger partial charge in [-0.3, -0.25) is 19.2 Å². The SMILES string of the molecule is C[C@@H](CCCCNC(=O)OC(C)(C)C)C(=O)CNC(=O)[C@H](CC(=O)NC(c1ccccc1)(c1ccccc1)c1ccccc1)NC(=O)OCC1c2ccccc2-c2ccccc21.C[C@@H](CCCCNC(=O)OC(C)(C)C)c1nnc([C@H](CC(=O)NC(c2ccccc2)(c2ccccc2)c2ccccc2)NC(=O)OCC2c3ccccc3-c3ccccc32)o1. The molecule has 0 saturated heterocycles. The van der Waals surface area contributed by atoms with Crippen LogP contribution in [0.3, 0.4) is 0 Å². The van der Waals surface area contributed by atoms with Gasteiger partial charge in [0.1, 0.15) is 47.6 Å². The Morgan fingerprint density at radius 2 is 0.699 bits per heavy atom. The highest BCUT2D eigenvalue weighted by Gasteiger charge is 2.42. The number of benzene rings is 10. The van der Waals surface area contributed by atoms with E-state index in [1.165, 1.54) is 0 Å². The number of fused-ring (bicyclic) bond motifs is 6. The molecule has 636 valence electrons. The van der Waals surface area contributed by atoms with E-state index in [1.807, 2.05) is 282 Å². The predicted molar refractivity (Wildman–Crippen MR) is 473 cm³/mol. The van der Waals surface area contributed by atoms with Gasteiger partial charge in [0.15, 0.2) is 5.78 Å². The summed E-state index contributed by atoms with van der Waals surface area (Å²) >= 11 is 0. The Hall–Kier alpha value is -13.5. The van der Waals surface area contributed by atoms with Crippen molar-refractivity contribution in [3.8, 4) is 22.3 Å². The van der Waals surface area contributed by atoms with Crippen LogP contribution >= 0.6 is 0 Å². The van der Waals surface area contributed by atoms with Crippen LogP contribution in [-0.4, -0.2) is 108 Å². The second-order valence-corrected chi connectivity index (χ2v) is 33.1. The lowest BCUT2D eigenvalue weighted by molar-refractivity contribution is -0.130. The van der Waals surface area contributed by atoms with E-state index in [9.17, 15) is 38.4 Å². The van der Waals surface area contributed by atoms with Crippen molar-refractivity contribution in [3.05, 3.63) is 346 Å². The summed E-state index contributed by atoms with van der Waals surface area (Å²) in [6, 6.07) is 88.0. The average molecular weight is 1660 g/mol. The first-order valence-electron chi connectivity index (χ1n) is 42.1. The number of aromatic nitrogens is 2. The molecular formula is C101H109N9O13. The van der Waals surface area contributed by atoms with Crippen molar-refractivity contribution in [1.29, 1.82) is 0 Å². The second-order valence-electron chi connectivity index (χ2n) is 33.1. The highest BCUT2D eigenvalue weighted by atomic mass is 16.6. The van der Waals surface area contributed by atoms with Crippen LogP contribution in [-0.2, 0) is 49.2 Å². The largest absolute Gasteiger partial charge is 0.449 e. The van der Waals surface area contributed by atoms with Crippen molar-refractivity contribution in [2.24, 2.45) is 5.92 Å². The second kappa shape index (κ2) is 41.7. The number of ketones is 1. The maximum Gasteiger partial charge on any atom is 0.407 e. The average Bonchev–Trinajstić information content (AvgIpc) is 1.74. The molecule has 123 heavy (non-hydrogen) atoms. The van der Waals surface area contributed by atoms with E-state index in [-0.39, 0.29) is 61.5 Å². The first-order chi connectivity index (χ1) is 59.4. The van der Waals surface area contributed by atoms with E-state index < -0.39 is 82.9 Å². The maximum absolute atomic E-state index is 14.6. The third-order valence-electron chi connectivity index (χ3n) is 21.9. The van der Waals surface area contributed by atoms with Crippen molar-refractivity contribution in [2.75, 3.05) is 32.8 Å². The number of hydrogen-bond donors (Lipinski definition) is 7. The zero-order valence-corrected chi connectivity index (χ0v) is 70.9. The first kappa shape index (κ1) is 88.8. The van der Waals surface area contributed by atoms with Crippen molar-refractivity contribution in [1.82, 2.24) is 47.4 Å². The van der Waals surface area contributed by atoms with Crippen LogP contribution in [0.25, 0.3) is 22.3 Å². The molecule has 0 spiro atoms. The van der Waals surface area contributed by atoms with Crippen LogP contribution in [0.15, 0.2) is 283 Å². The minimum atomic E-state index is -1.40. The summed E-state index contributed by atoms with van der Waals surface area (Å²) < 4.78 is 28.6. The molecule has 2 aliphatic rings. The van der Waals surface area contributed by atoms with E-state index in [2.05, 4.69) is 71.7 Å². The minimum Gasteiger partial charge on any atom is -0.449 e. The van der Waals surface area contributed by atoms with Gasteiger partial charge in [0.25, 0.3) is 0 Å². The first-order valence-corrected chi connectivity index (χ1v) is 42.1. The van der Waals surface area contributed by atoms with Gasteiger partial charge in [0.05, 0.1) is 19.4 Å². The summed E-state index contributed by atoms with van der Waals surface area (Å²) in [6.45, 7) is 15.3. The van der Waals surface area contributed by atoms with Crippen molar-refractivity contribution >= 4 is 47.9 Å². The van der Waals surface area contributed by atoms with E-state index in [0.717, 1.165) is 90.7 Å². The molecule has 4 atom stereocenters. The lowest BCUT2D eigenvalue weighted by atomic mass is 9.77. The molecule has 7 amide bonds. The van der Waals surface area contributed by atoms with Gasteiger partial charge >= 0.3 is 24.4 Å². The molecule has 0 aliphatic heterocycles. The number of alkyl carbamates (subject to hydrolysis) is 4. The van der Waals surface area contributed by atoms with Crippen molar-refractivity contribution < 1.29 is 61.7 Å². The summed E-state index contributed by atoms with van der Waals surface area (Å²) in [5.74, 6) is -2.25. The zero-order valence-electron chi connectivity index (χ0n) is 70.9. The van der Waals surface area contributed by atoms with Crippen molar-refractivity contribution in [3.63, 3.8) is 0 Å². The number of Topliss-reactive ketones (excluding diaryl/α,β-unsaturated/α-hetero) is 1. The third kappa shape index (κ3) is 23.2. The molecule has 0 unspecified atom stereocenters. The number of rotatable bonds is 34. The lowest BCUT2D eigenvalue weighted by Crippen LogP contribution is -2.53. The molecule has 0 saturated carbocycles. The fraction of sp³-hybridized carbons (Fsp3) is 0.307. The highest BCUT2D eigenvalue weighted by Crippen LogP contribution is 2.47. The Morgan fingerprint density at radius 1 is 0.374 bits per heavy atom. The Morgan fingerprint density at radius 3 is 1.07 bits per heavy atom. The van der Waals surface area contributed by atoms with Gasteiger partial charge in [-0.1, -0.05) is 306 Å². The molecule has 0 bridgehead atoms. The van der Waals surface area contributed by atoms with Gasteiger partial charge in [0.2, 0.25) is 29.5 Å².